The summed E-state index contributed by atoms with van der Waals surface area (Å²) < 4.78 is 8.88. The van der Waals surface area contributed by atoms with E-state index in [4.69, 9.17) is 19.2 Å². The molecule has 10 heavy (non-hydrogen) atoms. The summed E-state index contributed by atoms with van der Waals surface area (Å²) in [6, 6.07) is 0. The highest BCUT2D eigenvalue weighted by Crippen LogP contribution is 2.25. The molecule has 0 atom stereocenters. The first-order chi connectivity index (χ1) is 4.50. The van der Waals surface area contributed by atoms with Crippen LogP contribution in [0.4, 0.5) is 0 Å². The van der Waals surface area contributed by atoms with E-state index < -0.39 is 7.82 Å². The average Bonchev–Trinajstić information content (AvgIpc) is 2.07. The van der Waals surface area contributed by atoms with E-state index in [1.54, 1.807) is 12.4 Å². The van der Waals surface area contributed by atoms with Crippen LogP contribution in [0.25, 0.3) is 0 Å². The average molecular weight is 167 g/mol. The number of aromatic amines is 1. The summed E-state index contributed by atoms with van der Waals surface area (Å²) >= 11 is 0. The first-order valence-corrected chi connectivity index (χ1v) is 3.65. The molecule has 8 heteroatoms. The number of hydrogen-bond acceptors (Lipinski definition) is 3. The second kappa shape index (κ2) is 4.13. The molecule has 7 nitrogen and oxygen atoms in total. The van der Waals surface area contributed by atoms with Crippen LogP contribution >= 0.6 is 7.82 Å². The zero-order valence-electron chi connectivity index (χ0n) is 4.75. The summed E-state index contributed by atoms with van der Waals surface area (Å²) in [4.78, 5) is 21.6. The van der Waals surface area contributed by atoms with Gasteiger partial charge in [-0.15, -0.1) is 5.10 Å². The molecule has 0 aliphatic rings. The van der Waals surface area contributed by atoms with Gasteiger partial charge < -0.3 is 14.7 Å². The number of aromatic nitrogens is 3. The number of H-pyrrole nitrogens is 1. The second-order valence-electron chi connectivity index (χ2n) is 1.17. The van der Waals surface area contributed by atoms with Crippen molar-refractivity contribution in [1.29, 1.82) is 0 Å². The quantitative estimate of drug-likeness (QED) is 0.363. The molecule has 58 valence electrons. The van der Waals surface area contributed by atoms with Gasteiger partial charge in [0.05, 0.1) is 6.20 Å². The number of nitrogens with one attached hydrogen (secondary N) is 1. The highest BCUT2D eigenvalue weighted by molar-refractivity contribution is 7.45. The minimum atomic E-state index is -4.64. The molecule has 1 aromatic heterocycles. The van der Waals surface area contributed by atoms with Gasteiger partial charge in [0.2, 0.25) is 0 Å². The van der Waals surface area contributed by atoms with Crippen LogP contribution in [-0.4, -0.2) is 30.1 Å². The Hall–Kier alpha value is -0.750. The van der Waals surface area contributed by atoms with E-state index in [1.807, 2.05) is 0 Å². The normalized spacial score (nSPS) is 9.90. The standard InChI is InChI=1S/C2H3N3.H3O4P/c1-2-4-5-3-1;1-5(2,3)4/h1-2H,(H,3,4,5);(H3,1,2,3,4). The first-order valence-electron chi connectivity index (χ1n) is 2.09. The van der Waals surface area contributed by atoms with Crippen LogP contribution in [0, 0.1) is 0 Å². The van der Waals surface area contributed by atoms with Crippen molar-refractivity contribution < 1.29 is 19.2 Å². The fraction of sp³-hybridized carbons (Fsp3) is 0. The minimum Gasteiger partial charge on any atom is -0.303 e. The molecule has 1 heterocycles. The van der Waals surface area contributed by atoms with Gasteiger partial charge in [0, 0.05) is 6.20 Å². The van der Waals surface area contributed by atoms with E-state index >= 15 is 0 Å². The molecule has 0 spiro atoms. The maximum absolute atomic E-state index is 8.88. The zero-order valence-corrected chi connectivity index (χ0v) is 5.64. The van der Waals surface area contributed by atoms with Gasteiger partial charge in [-0.2, -0.15) is 0 Å². The molecule has 1 aromatic rings. The lowest BCUT2D eigenvalue weighted by Gasteiger charge is -1.82. The van der Waals surface area contributed by atoms with Gasteiger partial charge >= 0.3 is 7.82 Å². The molecule has 0 unspecified atom stereocenters. The summed E-state index contributed by atoms with van der Waals surface area (Å²) in [5, 5.41) is 9.26. The van der Waals surface area contributed by atoms with Crippen molar-refractivity contribution in [1.82, 2.24) is 15.4 Å². The number of hydrogen-bond donors (Lipinski definition) is 4. The van der Waals surface area contributed by atoms with Gasteiger partial charge in [0.15, 0.2) is 0 Å². The number of phosphoric acid groups is 1. The molecular weight excluding hydrogens is 161 g/mol. The molecule has 0 aliphatic carbocycles. The fourth-order valence-corrected chi connectivity index (χ4v) is 0.167. The van der Waals surface area contributed by atoms with Gasteiger partial charge in [-0.25, -0.2) is 4.57 Å². The highest BCUT2D eigenvalue weighted by atomic mass is 31.2. The topological polar surface area (TPSA) is 119 Å². The SMILES string of the molecule is O=P(O)(O)O.c1c[nH]nn1. The number of rotatable bonds is 0. The molecule has 0 saturated carbocycles. The molecule has 1 rings (SSSR count). The van der Waals surface area contributed by atoms with Crippen molar-refractivity contribution in [3.8, 4) is 0 Å². The predicted molar refractivity (Wildman–Crippen MR) is 30.6 cm³/mol. The highest BCUT2D eigenvalue weighted by Gasteiger charge is 2.00. The maximum atomic E-state index is 8.88. The lowest BCUT2D eigenvalue weighted by molar-refractivity contribution is 0.275. The van der Waals surface area contributed by atoms with Crippen molar-refractivity contribution in [2.75, 3.05) is 0 Å². The molecule has 0 saturated heterocycles. The van der Waals surface area contributed by atoms with E-state index in [9.17, 15) is 0 Å². The first kappa shape index (κ1) is 9.25. The summed E-state index contributed by atoms with van der Waals surface area (Å²) in [5.74, 6) is 0. The third kappa shape index (κ3) is 15.7. The van der Waals surface area contributed by atoms with Crippen molar-refractivity contribution in [2.45, 2.75) is 0 Å². The van der Waals surface area contributed by atoms with Gasteiger partial charge in [-0.3, -0.25) is 5.10 Å². The van der Waals surface area contributed by atoms with E-state index in [1.165, 1.54) is 0 Å². The van der Waals surface area contributed by atoms with Gasteiger partial charge in [-0.1, -0.05) is 5.21 Å². The van der Waals surface area contributed by atoms with Crippen molar-refractivity contribution >= 4 is 7.82 Å². The number of nitrogens with zero attached hydrogens (tertiary/aromatic N) is 2. The van der Waals surface area contributed by atoms with E-state index in [-0.39, 0.29) is 0 Å². The summed E-state index contributed by atoms with van der Waals surface area (Å²) in [7, 11) is -4.64. The Morgan fingerprint density at radius 2 is 1.90 bits per heavy atom. The molecule has 0 aromatic carbocycles. The van der Waals surface area contributed by atoms with Crippen LogP contribution in [0.15, 0.2) is 12.4 Å². The summed E-state index contributed by atoms with van der Waals surface area (Å²) in [5.41, 5.74) is 0. The fourth-order valence-electron chi connectivity index (χ4n) is 0.167. The van der Waals surface area contributed by atoms with Crippen molar-refractivity contribution in [2.24, 2.45) is 0 Å². The molecule has 4 N–H and O–H groups in total. The zero-order chi connectivity index (χ0) is 8.04. The monoisotopic (exact) mass is 167 g/mol. The Morgan fingerprint density at radius 1 is 1.40 bits per heavy atom. The predicted octanol–water partition coefficient (Wildman–Crippen LogP) is -1.12. The van der Waals surface area contributed by atoms with Crippen molar-refractivity contribution in [3.05, 3.63) is 12.4 Å². The van der Waals surface area contributed by atoms with E-state index in [0.29, 0.717) is 0 Å². The largest absolute Gasteiger partial charge is 0.466 e. The van der Waals surface area contributed by atoms with Crippen LogP contribution in [-0.2, 0) is 4.57 Å². The molecule has 0 bridgehead atoms. The lowest BCUT2D eigenvalue weighted by atomic mass is 11.0. The van der Waals surface area contributed by atoms with Crippen LogP contribution in [0.3, 0.4) is 0 Å². The van der Waals surface area contributed by atoms with Crippen LogP contribution < -0.4 is 0 Å². The van der Waals surface area contributed by atoms with Gasteiger partial charge in [0.25, 0.3) is 0 Å². The van der Waals surface area contributed by atoms with Crippen LogP contribution in [0.5, 0.6) is 0 Å². The van der Waals surface area contributed by atoms with Gasteiger partial charge in [-0.05, 0) is 0 Å². The van der Waals surface area contributed by atoms with E-state index in [0.717, 1.165) is 0 Å². The molecule has 0 aliphatic heterocycles. The van der Waals surface area contributed by atoms with E-state index in [2.05, 4.69) is 15.4 Å². The summed E-state index contributed by atoms with van der Waals surface area (Å²) in [6.07, 6.45) is 3.24. The second-order valence-corrected chi connectivity index (χ2v) is 2.20. The Kier molecular flexibility index (Phi) is 3.82. The smallest absolute Gasteiger partial charge is 0.303 e. The maximum Gasteiger partial charge on any atom is 0.466 e. The molecule has 0 amide bonds. The minimum absolute atomic E-state index is 1.58. The lowest BCUT2D eigenvalue weighted by Crippen LogP contribution is -1.66. The van der Waals surface area contributed by atoms with Crippen LogP contribution in [0.2, 0.25) is 0 Å². The molecule has 0 fully saturated rings. The molecule has 0 radical (unpaired) electrons. The Bertz CT molecular complexity index is 167. The molecular formula is C2H6N3O4P. The third-order valence-corrected chi connectivity index (χ3v) is 0.331. The Labute approximate surface area is 56.0 Å². The van der Waals surface area contributed by atoms with Gasteiger partial charge in [0.1, 0.15) is 0 Å². The Morgan fingerprint density at radius 3 is 2.00 bits per heavy atom. The van der Waals surface area contributed by atoms with Crippen LogP contribution in [0.1, 0.15) is 0 Å². The Balaban J connectivity index is 0.000000162. The summed E-state index contributed by atoms with van der Waals surface area (Å²) in [6.45, 7) is 0. The third-order valence-electron chi connectivity index (χ3n) is 0.331. The van der Waals surface area contributed by atoms with Crippen molar-refractivity contribution in [3.63, 3.8) is 0 Å².